The van der Waals surface area contributed by atoms with Gasteiger partial charge >= 0.3 is 0 Å². The Morgan fingerprint density at radius 2 is 2.29 bits per heavy atom. The summed E-state index contributed by atoms with van der Waals surface area (Å²) < 4.78 is 5.48. The van der Waals surface area contributed by atoms with E-state index in [9.17, 15) is 0 Å². The van der Waals surface area contributed by atoms with Crippen LogP contribution in [0.5, 0.6) is 5.75 Å². The van der Waals surface area contributed by atoms with Crippen LogP contribution in [0.3, 0.4) is 0 Å². The smallest absolute Gasteiger partial charge is 0.142 e. The highest BCUT2D eigenvalue weighted by Gasteiger charge is 2.25. The molecule has 0 spiro atoms. The Kier molecular flexibility index (Phi) is 3.89. The van der Waals surface area contributed by atoms with E-state index in [0.717, 1.165) is 18.8 Å². The number of nitrogens with zero attached hydrogens (tertiary/aromatic N) is 1. The largest absolute Gasteiger partial charge is 0.495 e. The Labute approximate surface area is 104 Å². The Morgan fingerprint density at radius 1 is 1.47 bits per heavy atom. The first-order chi connectivity index (χ1) is 8.27. The van der Waals surface area contributed by atoms with E-state index >= 15 is 0 Å². The summed E-state index contributed by atoms with van der Waals surface area (Å²) in [6.45, 7) is 2.19. The molecular formula is C14H22N2O. The van der Waals surface area contributed by atoms with Crippen molar-refractivity contribution in [1.29, 1.82) is 0 Å². The Morgan fingerprint density at radius 3 is 3.00 bits per heavy atom. The number of fused-ring (bicyclic) bond motifs is 1. The van der Waals surface area contributed by atoms with E-state index in [1.807, 2.05) is 7.05 Å². The van der Waals surface area contributed by atoms with Crippen LogP contribution in [0.4, 0.5) is 5.69 Å². The second-order valence-electron chi connectivity index (χ2n) is 4.70. The Hall–Kier alpha value is -1.22. The Bertz CT molecular complexity index is 378. The lowest BCUT2D eigenvalue weighted by Gasteiger charge is -2.34. The van der Waals surface area contributed by atoms with Gasteiger partial charge in [0, 0.05) is 13.6 Å². The van der Waals surface area contributed by atoms with Gasteiger partial charge in [-0.2, -0.15) is 0 Å². The number of rotatable bonds is 4. The maximum absolute atomic E-state index is 5.48. The highest BCUT2D eigenvalue weighted by Crippen LogP contribution is 2.41. The SMILES string of the molecule is CNCCC1CCN(C)c2c(OC)cccc21. The van der Waals surface area contributed by atoms with Gasteiger partial charge in [-0.25, -0.2) is 0 Å². The van der Waals surface area contributed by atoms with Gasteiger partial charge in [0.25, 0.3) is 0 Å². The third-order valence-electron chi connectivity index (χ3n) is 3.63. The fraction of sp³-hybridized carbons (Fsp3) is 0.571. The maximum atomic E-state index is 5.48. The molecule has 1 unspecified atom stereocenters. The molecule has 0 fully saturated rings. The second-order valence-corrected chi connectivity index (χ2v) is 4.70. The lowest BCUT2D eigenvalue weighted by molar-refractivity contribution is 0.410. The van der Waals surface area contributed by atoms with E-state index in [1.165, 1.54) is 24.1 Å². The molecule has 1 N–H and O–H groups in total. The molecule has 0 amide bonds. The van der Waals surface area contributed by atoms with E-state index < -0.39 is 0 Å². The quantitative estimate of drug-likeness (QED) is 0.864. The van der Waals surface area contributed by atoms with Gasteiger partial charge in [0.1, 0.15) is 5.75 Å². The van der Waals surface area contributed by atoms with Crippen LogP contribution in [0.15, 0.2) is 18.2 Å². The topological polar surface area (TPSA) is 24.5 Å². The van der Waals surface area contributed by atoms with Crippen molar-refractivity contribution in [2.75, 3.05) is 39.2 Å². The number of para-hydroxylation sites is 1. The third-order valence-corrected chi connectivity index (χ3v) is 3.63. The lowest BCUT2D eigenvalue weighted by Crippen LogP contribution is -2.28. The lowest BCUT2D eigenvalue weighted by atomic mass is 9.87. The molecule has 94 valence electrons. The molecule has 0 bridgehead atoms. The highest BCUT2D eigenvalue weighted by atomic mass is 16.5. The van der Waals surface area contributed by atoms with Gasteiger partial charge in [-0.05, 0) is 44.0 Å². The van der Waals surface area contributed by atoms with Gasteiger partial charge in [0.05, 0.1) is 12.8 Å². The van der Waals surface area contributed by atoms with Crippen LogP contribution in [0, 0.1) is 0 Å². The van der Waals surface area contributed by atoms with Gasteiger partial charge in [0.15, 0.2) is 0 Å². The van der Waals surface area contributed by atoms with Crippen molar-refractivity contribution in [3.8, 4) is 5.75 Å². The molecule has 0 aliphatic carbocycles. The van der Waals surface area contributed by atoms with Gasteiger partial charge in [-0.1, -0.05) is 12.1 Å². The van der Waals surface area contributed by atoms with Crippen LogP contribution in [0.25, 0.3) is 0 Å². The number of hydrogen-bond acceptors (Lipinski definition) is 3. The molecule has 1 aromatic carbocycles. The average Bonchev–Trinajstić information content (AvgIpc) is 2.37. The summed E-state index contributed by atoms with van der Waals surface area (Å²) >= 11 is 0. The summed E-state index contributed by atoms with van der Waals surface area (Å²) in [4.78, 5) is 2.31. The van der Waals surface area contributed by atoms with Gasteiger partial charge in [-0.3, -0.25) is 0 Å². The molecule has 17 heavy (non-hydrogen) atoms. The van der Waals surface area contributed by atoms with Gasteiger partial charge < -0.3 is 15.0 Å². The first kappa shape index (κ1) is 12.2. The number of benzene rings is 1. The summed E-state index contributed by atoms with van der Waals surface area (Å²) in [6.07, 6.45) is 2.43. The zero-order valence-corrected chi connectivity index (χ0v) is 11.0. The minimum absolute atomic E-state index is 0.656. The molecule has 0 saturated heterocycles. The summed E-state index contributed by atoms with van der Waals surface area (Å²) in [7, 11) is 5.91. The summed E-state index contributed by atoms with van der Waals surface area (Å²) in [5.41, 5.74) is 2.72. The first-order valence-corrected chi connectivity index (χ1v) is 6.30. The van der Waals surface area contributed by atoms with Gasteiger partial charge in [-0.15, -0.1) is 0 Å². The fourth-order valence-electron chi connectivity index (χ4n) is 2.68. The normalized spacial score (nSPS) is 19.0. The third kappa shape index (κ3) is 2.39. The first-order valence-electron chi connectivity index (χ1n) is 6.30. The highest BCUT2D eigenvalue weighted by molar-refractivity contribution is 5.66. The van der Waals surface area contributed by atoms with E-state index in [-0.39, 0.29) is 0 Å². The minimum Gasteiger partial charge on any atom is -0.495 e. The molecule has 3 nitrogen and oxygen atoms in total. The average molecular weight is 234 g/mol. The van der Waals surface area contributed by atoms with Crippen LogP contribution >= 0.6 is 0 Å². The minimum atomic E-state index is 0.656. The number of nitrogens with one attached hydrogen (secondary N) is 1. The van der Waals surface area contributed by atoms with E-state index in [1.54, 1.807) is 7.11 Å². The molecule has 1 atom stereocenters. The molecule has 2 rings (SSSR count). The molecule has 1 aromatic rings. The van der Waals surface area contributed by atoms with Crippen molar-refractivity contribution in [3.05, 3.63) is 23.8 Å². The Balaban J connectivity index is 2.32. The van der Waals surface area contributed by atoms with Crippen molar-refractivity contribution in [2.24, 2.45) is 0 Å². The molecule has 1 heterocycles. The number of anilines is 1. The van der Waals surface area contributed by atoms with Crippen molar-refractivity contribution < 1.29 is 4.74 Å². The number of ether oxygens (including phenoxy) is 1. The molecule has 1 aliphatic rings. The molecular weight excluding hydrogens is 212 g/mol. The fourth-order valence-corrected chi connectivity index (χ4v) is 2.68. The predicted molar refractivity (Wildman–Crippen MR) is 72.2 cm³/mol. The zero-order chi connectivity index (χ0) is 12.3. The summed E-state index contributed by atoms with van der Waals surface area (Å²) in [5, 5.41) is 3.24. The van der Waals surface area contributed by atoms with Crippen molar-refractivity contribution in [2.45, 2.75) is 18.8 Å². The van der Waals surface area contributed by atoms with E-state index in [0.29, 0.717) is 5.92 Å². The summed E-state index contributed by atoms with van der Waals surface area (Å²) in [5.74, 6) is 1.66. The number of hydrogen-bond donors (Lipinski definition) is 1. The van der Waals surface area contributed by atoms with E-state index in [2.05, 4.69) is 35.5 Å². The van der Waals surface area contributed by atoms with Crippen molar-refractivity contribution in [3.63, 3.8) is 0 Å². The van der Waals surface area contributed by atoms with Crippen molar-refractivity contribution in [1.82, 2.24) is 5.32 Å². The second kappa shape index (κ2) is 5.41. The summed E-state index contributed by atoms with van der Waals surface area (Å²) in [6, 6.07) is 6.40. The van der Waals surface area contributed by atoms with Crippen LogP contribution in [-0.2, 0) is 0 Å². The van der Waals surface area contributed by atoms with Crippen LogP contribution in [0.1, 0.15) is 24.3 Å². The standard InChI is InChI=1S/C14H22N2O/c1-15-9-7-11-8-10-16(2)14-12(11)5-4-6-13(14)17-3/h4-6,11,15H,7-10H2,1-3H3. The molecule has 0 radical (unpaired) electrons. The maximum Gasteiger partial charge on any atom is 0.142 e. The van der Waals surface area contributed by atoms with Crippen molar-refractivity contribution >= 4 is 5.69 Å². The predicted octanol–water partition coefficient (Wildman–Crippen LogP) is 2.23. The molecule has 1 aliphatic heterocycles. The van der Waals surface area contributed by atoms with Crippen LogP contribution < -0.4 is 15.0 Å². The van der Waals surface area contributed by atoms with Crippen LogP contribution in [-0.4, -0.2) is 34.3 Å². The van der Waals surface area contributed by atoms with E-state index in [4.69, 9.17) is 4.74 Å². The molecule has 3 heteroatoms. The van der Waals surface area contributed by atoms with Crippen LogP contribution in [0.2, 0.25) is 0 Å². The zero-order valence-electron chi connectivity index (χ0n) is 11.0. The number of methoxy groups -OCH3 is 1. The monoisotopic (exact) mass is 234 g/mol. The molecule has 0 saturated carbocycles. The van der Waals surface area contributed by atoms with Gasteiger partial charge in [0.2, 0.25) is 0 Å². The molecule has 0 aromatic heterocycles.